The number of nitrogens with zero attached hydrogens (tertiary/aromatic N) is 2. The molecule has 0 aromatic carbocycles. The molecule has 1 heterocycles. The maximum Gasteiger partial charge on any atom is 0.223 e. The summed E-state index contributed by atoms with van der Waals surface area (Å²) in [6.45, 7) is 1.92. The van der Waals surface area contributed by atoms with Gasteiger partial charge in [0.1, 0.15) is 11.6 Å². The molecule has 1 aromatic heterocycles. The third-order valence-corrected chi connectivity index (χ3v) is 3.86. The highest BCUT2D eigenvalue weighted by Crippen LogP contribution is 2.11. The first-order valence-electron chi connectivity index (χ1n) is 5.23. The summed E-state index contributed by atoms with van der Waals surface area (Å²) in [4.78, 5) is 7.87. The van der Waals surface area contributed by atoms with Crippen LogP contribution >= 0.6 is 0 Å². The van der Waals surface area contributed by atoms with Crippen LogP contribution in [-0.4, -0.2) is 43.5 Å². The number of nitrogens with one attached hydrogen (secondary N) is 2. The Kier molecular flexibility index (Phi) is 4.50. The van der Waals surface area contributed by atoms with Gasteiger partial charge in [0.25, 0.3) is 0 Å². The minimum Gasteiger partial charge on any atom is -0.373 e. The van der Waals surface area contributed by atoms with E-state index < -0.39 is 9.84 Å². The lowest BCUT2D eigenvalue weighted by Crippen LogP contribution is -2.18. The highest BCUT2D eigenvalue weighted by atomic mass is 32.2. The standard InChI is InChI=1S/C9H17N5O2S/c1-3-17(15,16)5-4-12-8-6-7(11-2)13-9(10)14-8/h6H,3-5H2,1-2H3,(H4,10,11,12,13,14). The number of hydrogen-bond acceptors (Lipinski definition) is 7. The second-order valence-electron chi connectivity index (χ2n) is 3.41. The molecule has 17 heavy (non-hydrogen) atoms. The molecule has 96 valence electrons. The molecule has 0 atom stereocenters. The van der Waals surface area contributed by atoms with E-state index in [-0.39, 0.29) is 17.5 Å². The van der Waals surface area contributed by atoms with Gasteiger partial charge in [-0.2, -0.15) is 9.97 Å². The smallest absolute Gasteiger partial charge is 0.223 e. The lowest BCUT2D eigenvalue weighted by molar-refractivity contribution is 0.597. The quantitative estimate of drug-likeness (QED) is 0.656. The molecular weight excluding hydrogens is 242 g/mol. The van der Waals surface area contributed by atoms with Crippen molar-refractivity contribution in [3.63, 3.8) is 0 Å². The van der Waals surface area contributed by atoms with Crippen LogP contribution in [0.1, 0.15) is 6.92 Å². The van der Waals surface area contributed by atoms with Crippen LogP contribution in [0, 0.1) is 0 Å². The van der Waals surface area contributed by atoms with Crippen molar-refractivity contribution in [2.45, 2.75) is 6.92 Å². The summed E-state index contributed by atoms with van der Waals surface area (Å²) in [5, 5.41) is 5.74. The van der Waals surface area contributed by atoms with Gasteiger partial charge < -0.3 is 16.4 Å². The fraction of sp³-hybridized carbons (Fsp3) is 0.556. The van der Waals surface area contributed by atoms with Gasteiger partial charge in [-0.15, -0.1) is 0 Å². The van der Waals surface area contributed by atoms with E-state index in [4.69, 9.17) is 5.73 Å². The van der Waals surface area contributed by atoms with Crippen molar-refractivity contribution in [1.29, 1.82) is 0 Å². The summed E-state index contributed by atoms with van der Waals surface area (Å²) < 4.78 is 22.5. The summed E-state index contributed by atoms with van der Waals surface area (Å²) in [7, 11) is -1.25. The SMILES string of the molecule is CCS(=O)(=O)CCNc1cc(NC)nc(N)n1. The molecule has 0 spiro atoms. The summed E-state index contributed by atoms with van der Waals surface area (Å²) in [5.74, 6) is 1.44. The molecule has 0 radical (unpaired) electrons. The number of sulfone groups is 1. The van der Waals surface area contributed by atoms with Crippen LogP contribution in [0.3, 0.4) is 0 Å². The topological polar surface area (TPSA) is 110 Å². The maximum absolute atomic E-state index is 11.3. The Balaban J connectivity index is 2.61. The molecular formula is C9H17N5O2S. The van der Waals surface area contributed by atoms with Gasteiger partial charge >= 0.3 is 0 Å². The highest BCUT2D eigenvalue weighted by molar-refractivity contribution is 7.91. The zero-order chi connectivity index (χ0) is 12.9. The van der Waals surface area contributed by atoms with E-state index in [0.29, 0.717) is 18.2 Å². The Bertz CT molecular complexity index is 474. The number of hydrogen-bond donors (Lipinski definition) is 3. The lowest BCUT2D eigenvalue weighted by Gasteiger charge is -2.07. The number of aromatic nitrogens is 2. The van der Waals surface area contributed by atoms with Crippen LogP contribution in [0.4, 0.5) is 17.6 Å². The average molecular weight is 259 g/mol. The van der Waals surface area contributed by atoms with Crippen LogP contribution in [0.5, 0.6) is 0 Å². The highest BCUT2D eigenvalue weighted by Gasteiger charge is 2.07. The fourth-order valence-corrected chi connectivity index (χ4v) is 1.87. The number of rotatable bonds is 6. The molecule has 0 fully saturated rings. The molecule has 0 bridgehead atoms. The van der Waals surface area contributed by atoms with Gasteiger partial charge in [-0.05, 0) is 0 Å². The van der Waals surface area contributed by atoms with E-state index in [1.165, 1.54) is 0 Å². The van der Waals surface area contributed by atoms with Crippen molar-refractivity contribution < 1.29 is 8.42 Å². The second kappa shape index (κ2) is 5.67. The Morgan fingerprint density at radius 3 is 2.59 bits per heavy atom. The molecule has 0 unspecified atom stereocenters. The lowest BCUT2D eigenvalue weighted by atomic mass is 10.5. The zero-order valence-electron chi connectivity index (χ0n) is 9.90. The van der Waals surface area contributed by atoms with E-state index in [1.807, 2.05) is 0 Å². The van der Waals surface area contributed by atoms with E-state index >= 15 is 0 Å². The monoisotopic (exact) mass is 259 g/mol. The molecule has 1 rings (SSSR count). The van der Waals surface area contributed by atoms with Crippen molar-refractivity contribution >= 4 is 27.4 Å². The average Bonchev–Trinajstić information content (AvgIpc) is 2.28. The van der Waals surface area contributed by atoms with Crippen molar-refractivity contribution in [1.82, 2.24) is 9.97 Å². The van der Waals surface area contributed by atoms with Crippen molar-refractivity contribution in [3.8, 4) is 0 Å². The number of nitrogens with two attached hydrogens (primary N) is 1. The van der Waals surface area contributed by atoms with Crippen LogP contribution in [0.2, 0.25) is 0 Å². The van der Waals surface area contributed by atoms with Crippen molar-refractivity contribution in [3.05, 3.63) is 6.07 Å². The predicted octanol–water partition coefficient (Wildman–Crippen LogP) is -0.0529. The molecule has 0 aliphatic rings. The Morgan fingerprint density at radius 2 is 2.00 bits per heavy atom. The van der Waals surface area contributed by atoms with Gasteiger partial charge in [0.05, 0.1) is 5.75 Å². The van der Waals surface area contributed by atoms with E-state index in [2.05, 4.69) is 20.6 Å². The van der Waals surface area contributed by atoms with Crippen LogP contribution in [-0.2, 0) is 9.84 Å². The van der Waals surface area contributed by atoms with E-state index in [9.17, 15) is 8.42 Å². The van der Waals surface area contributed by atoms with Crippen LogP contribution in [0.25, 0.3) is 0 Å². The van der Waals surface area contributed by atoms with Gasteiger partial charge in [-0.25, -0.2) is 8.42 Å². The van der Waals surface area contributed by atoms with E-state index in [0.717, 1.165) is 0 Å². The molecule has 8 heteroatoms. The first-order chi connectivity index (χ1) is 7.96. The van der Waals surface area contributed by atoms with Crippen molar-refractivity contribution in [2.24, 2.45) is 0 Å². The number of nitrogen functional groups attached to an aromatic ring is 1. The maximum atomic E-state index is 11.3. The van der Waals surface area contributed by atoms with Gasteiger partial charge in [0.2, 0.25) is 5.95 Å². The van der Waals surface area contributed by atoms with Crippen LogP contribution in [0.15, 0.2) is 6.07 Å². The van der Waals surface area contributed by atoms with Gasteiger partial charge in [0.15, 0.2) is 9.84 Å². The summed E-state index contributed by atoms with van der Waals surface area (Å²) >= 11 is 0. The molecule has 0 aliphatic carbocycles. The summed E-state index contributed by atoms with van der Waals surface area (Å²) in [5.41, 5.74) is 5.50. The molecule has 7 nitrogen and oxygen atoms in total. The second-order valence-corrected chi connectivity index (χ2v) is 5.88. The Labute approximate surface area is 101 Å². The molecule has 0 aliphatic heterocycles. The van der Waals surface area contributed by atoms with Crippen LogP contribution < -0.4 is 16.4 Å². The molecule has 4 N–H and O–H groups in total. The largest absolute Gasteiger partial charge is 0.373 e. The molecule has 0 saturated carbocycles. The summed E-state index contributed by atoms with van der Waals surface area (Å²) in [6.07, 6.45) is 0. The molecule has 0 amide bonds. The van der Waals surface area contributed by atoms with Gasteiger partial charge in [0, 0.05) is 25.4 Å². The fourth-order valence-electron chi connectivity index (χ4n) is 1.16. The first-order valence-corrected chi connectivity index (χ1v) is 7.05. The Hall–Kier alpha value is -1.57. The Morgan fingerprint density at radius 1 is 1.35 bits per heavy atom. The first kappa shape index (κ1) is 13.5. The van der Waals surface area contributed by atoms with Gasteiger partial charge in [-0.1, -0.05) is 6.92 Å². The normalized spacial score (nSPS) is 11.2. The van der Waals surface area contributed by atoms with Crippen molar-refractivity contribution in [2.75, 3.05) is 41.5 Å². The summed E-state index contributed by atoms with van der Waals surface area (Å²) in [6, 6.07) is 1.66. The molecule has 1 aromatic rings. The van der Waals surface area contributed by atoms with E-state index in [1.54, 1.807) is 20.0 Å². The zero-order valence-corrected chi connectivity index (χ0v) is 10.7. The predicted molar refractivity (Wildman–Crippen MR) is 68.8 cm³/mol. The third kappa shape index (κ3) is 4.43. The minimum absolute atomic E-state index is 0.0717. The van der Waals surface area contributed by atoms with Gasteiger partial charge in [-0.3, -0.25) is 0 Å². The third-order valence-electron chi connectivity index (χ3n) is 2.16. The minimum atomic E-state index is -2.97. The molecule has 0 saturated heterocycles. The number of anilines is 3.